The number of carboxylic acids is 1. The van der Waals surface area contributed by atoms with Crippen molar-refractivity contribution in [2.75, 3.05) is 18.0 Å². The summed E-state index contributed by atoms with van der Waals surface area (Å²) in [5, 5.41) is 12.0. The minimum absolute atomic E-state index is 0.0108. The van der Waals surface area contributed by atoms with E-state index in [1.165, 1.54) is 5.56 Å². The second-order valence-electron chi connectivity index (χ2n) is 7.79. The summed E-state index contributed by atoms with van der Waals surface area (Å²) in [6, 6.07) is 25.6. The zero-order chi connectivity index (χ0) is 23.5. The maximum absolute atomic E-state index is 12.9. The second kappa shape index (κ2) is 12.7. The fourth-order valence-corrected chi connectivity index (χ4v) is 4.33. The van der Waals surface area contributed by atoms with Gasteiger partial charge in [-0.2, -0.15) is 0 Å². The third-order valence-corrected chi connectivity index (χ3v) is 6.15. The first-order chi connectivity index (χ1) is 16.0. The number of carbonyl (C=O) groups excluding carboxylic acids is 1. The van der Waals surface area contributed by atoms with Crippen LogP contribution in [-0.4, -0.2) is 30.2 Å². The lowest BCUT2D eigenvalue weighted by molar-refractivity contribution is -0.136. The average molecular weight is 463 g/mol. The van der Waals surface area contributed by atoms with Crippen molar-refractivity contribution >= 4 is 29.4 Å². The van der Waals surface area contributed by atoms with Crippen molar-refractivity contribution in [2.24, 2.45) is 0 Å². The van der Waals surface area contributed by atoms with E-state index in [0.717, 1.165) is 40.3 Å². The predicted molar refractivity (Wildman–Crippen MR) is 134 cm³/mol. The maximum Gasteiger partial charge on any atom is 0.321 e. The molecule has 5 nitrogen and oxygen atoms in total. The van der Waals surface area contributed by atoms with Gasteiger partial charge in [-0.3, -0.25) is 9.69 Å². The number of carboxylic acid groups (broad SMARTS) is 1. The van der Waals surface area contributed by atoms with Crippen LogP contribution in [0.2, 0.25) is 0 Å². The molecule has 3 aromatic rings. The normalized spacial score (nSPS) is 10.6. The summed E-state index contributed by atoms with van der Waals surface area (Å²) in [5.74, 6) is -0.839. The van der Waals surface area contributed by atoms with E-state index in [4.69, 9.17) is 5.11 Å². The highest BCUT2D eigenvalue weighted by molar-refractivity contribution is 7.99. The van der Waals surface area contributed by atoms with Crippen molar-refractivity contribution in [1.29, 1.82) is 0 Å². The second-order valence-corrected chi connectivity index (χ2v) is 8.93. The Bertz CT molecular complexity index is 1040. The molecule has 3 rings (SSSR count). The Morgan fingerprint density at radius 3 is 2.33 bits per heavy atom. The van der Waals surface area contributed by atoms with Gasteiger partial charge in [-0.05, 0) is 60.4 Å². The number of benzene rings is 3. The van der Waals surface area contributed by atoms with Gasteiger partial charge in [0.2, 0.25) is 0 Å². The minimum atomic E-state index is -0.839. The van der Waals surface area contributed by atoms with Crippen LogP contribution in [0.1, 0.15) is 30.9 Å². The fourth-order valence-electron chi connectivity index (χ4n) is 3.42. The van der Waals surface area contributed by atoms with Gasteiger partial charge < -0.3 is 10.4 Å². The van der Waals surface area contributed by atoms with Crippen molar-refractivity contribution in [3.8, 4) is 0 Å². The quantitative estimate of drug-likeness (QED) is 0.342. The molecule has 0 radical (unpaired) electrons. The Hall–Kier alpha value is -3.25. The van der Waals surface area contributed by atoms with Crippen molar-refractivity contribution in [1.82, 2.24) is 5.32 Å². The van der Waals surface area contributed by atoms with Gasteiger partial charge in [-0.1, -0.05) is 67.6 Å². The van der Waals surface area contributed by atoms with E-state index < -0.39 is 5.97 Å². The van der Waals surface area contributed by atoms with Crippen LogP contribution < -0.4 is 10.2 Å². The van der Waals surface area contributed by atoms with Crippen molar-refractivity contribution in [3.63, 3.8) is 0 Å². The summed E-state index contributed by atoms with van der Waals surface area (Å²) in [7, 11) is 0. The van der Waals surface area contributed by atoms with Crippen LogP contribution in [0.5, 0.6) is 0 Å². The molecule has 0 bridgehead atoms. The van der Waals surface area contributed by atoms with Crippen molar-refractivity contribution in [3.05, 3.63) is 90.0 Å². The third-order valence-electron chi connectivity index (χ3n) is 5.16. The van der Waals surface area contributed by atoms with E-state index in [-0.39, 0.29) is 12.5 Å². The highest BCUT2D eigenvalue weighted by atomic mass is 32.2. The molecule has 0 fully saturated rings. The molecule has 172 valence electrons. The van der Waals surface area contributed by atoms with E-state index >= 15 is 0 Å². The number of nitrogens with zero attached hydrogens (tertiary/aromatic N) is 1. The van der Waals surface area contributed by atoms with Crippen LogP contribution in [-0.2, 0) is 17.6 Å². The molecule has 0 spiro atoms. The Morgan fingerprint density at radius 1 is 0.909 bits per heavy atom. The molecule has 0 aliphatic carbocycles. The number of rotatable bonds is 11. The lowest BCUT2D eigenvalue weighted by Crippen LogP contribution is -2.41. The van der Waals surface area contributed by atoms with Gasteiger partial charge in [0.05, 0.1) is 6.42 Å². The van der Waals surface area contributed by atoms with Crippen molar-refractivity contribution in [2.45, 2.75) is 42.4 Å². The molecule has 0 heterocycles. The summed E-state index contributed by atoms with van der Waals surface area (Å²) < 4.78 is 0. The number of aliphatic carboxylic acids is 1. The van der Waals surface area contributed by atoms with Crippen LogP contribution in [0.4, 0.5) is 10.5 Å². The fraction of sp³-hybridized carbons (Fsp3) is 0.259. The highest BCUT2D eigenvalue weighted by Crippen LogP contribution is 2.30. The zero-order valence-corrected chi connectivity index (χ0v) is 19.7. The highest BCUT2D eigenvalue weighted by Gasteiger charge is 2.15. The van der Waals surface area contributed by atoms with Gasteiger partial charge in [0.15, 0.2) is 0 Å². The van der Waals surface area contributed by atoms with Gasteiger partial charge in [-0.25, -0.2) is 4.79 Å². The van der Waals surface area contributed by atoms with Crippen LogP contribution in [0.15, 0.2) is 88.7 Å². The molecule has 2 N–H and O–H groups in total. The van der Waals surface area contributed by atoms with Gasteiger partial charge in [-0.15, -0.1) is 0 Å². The number of hydrogen-bond donors (Lipinski definition) is 2. The smallest absolute Gasteiger partial charge is 0.321 e. The van der Waals surface area contributed by atoms with E-state index in [1.54, 1.807) is 16.7 Å². The van der Waals surface area contributed by atoms with Gasteiger partial charge in [0.1, 0.15) is 0 Å². The van der Waals surface area contributed by atoms with Crippen molar-refractivity contribution < 1.29 is 14.7 Å². The number of nitrogens with one attached hydrogen (secondary N) is 1. The summed E-state index contributed by atoms with van der Waals surface area (Å²) in [6.07, 6.45) is 2.77. The average Bonchev–Trinajstić information content (AvgIpc) is 2.81. The monoisotopic (exact) mass is 462 g/mol. The first-order valence-corrected chi connectivity index (χ1v) is 12.0. The summed E-state index contributed by atoms with van der Waals surface area (Å²) in [6.45, 7) is 3.36. The lowest BCUT2D eigenvalue weighted by Gasteiger charge is -2.23. The van der Waals surface area contributed by atoms with Crippen LogP contribution >= 0.6 is 11.8 Å². The molecule has 0 saturated carbocycles. The molecule has 2 amide bonds. The molecule has 6 heteroatoms. The van der Waals surface area contributed by atoms with E-state index in [2.05, 4.69) is 24.4 Å². The summed E-state index contributed by atoms with van der Waals surface area (Å²) in [4.78, 5) is 27.7. The first kappa shape index (κ1) is 24.4. The van der Waals surface area contributed by atoms with Crippen LogP contribution in [0, 0.1) is 0 Å². The lowest BCUT2D eigenvalue weighted by atomic mass is 10.1. The molecular weight excluding hydrogens is 432 g/mol. The number of carbonyl (C=O) groups is 2. The number of amides is 2. The molecular formula is C27H30N2O3S. The zero-order valence-electron chi connectivity index (χ0n) is 18.9. The molecule has 33 heavy (non-hydrogen) atoms. The van der Waals surface area contributed by atoms with Gasteiger partial charge in [0.25, 0.3) is 0 Å². The number of urea groups is 1. The van der Waals surface area contributed by atoms with E-state index in [0.29, 0.717) is 13.1 Å². The Balaban J connectivity index is 1.71. The molecule has 3 aromatic carbocycles. The number of anilines is 1. The van der Waals surface area contributed by atoms with E-state index in [9.17, 15) is 9.59 Å². The Kier molecular flexibility index (Phi) is 9.39. The summed E-state index contributed by atoms with van der Waals surface area (Å²) >= 11 is 1.57. The number of hydrogen-bond acceptors (Lipinski definition) is 3. The maximum atomic E-state index is 12.9. The molecule has 0 aliphatic heterocycles. The SMILES string of the molecule is CCCCNC(=O)N(CCc1ccccc1)c1ccc(Sc2cccc(CC(=O)O)c2)cc1. The molecule has 0 saturated heterocycles. The topological polar surface area (TPSA) is 69.6 Å². The Labute approximate surface area is 199 Å². The molecule has 0 unspecified atom stereocenters. The van der Waals surface area contributed by atoms with Gasteiger partial charge >= 0.3 is 12.0 Å². The third kappa shape index (κ3) is 7.99. The molecule has 0 aromatic heterocycles. The van der Waals surface area contributed by atoms with E-state index in [1.807, 2.05) is 66.7 Å². The minimum Gasteiger partial charge on any atom is -0.481 e. The number of unbranched alkanes of at least 4 members (excludes halogenated alkanes) is 1. The largest absolute Gasteiger partial charge is 0.481 e. The Morgan fingerprint density at radius 2 is 1.64 bits per heavy atom. The molecule has 0 aliphatic rings. The molecule has 0 atom stereocenters. The standard InChI is InChI=1S/C27H30N2O3S/c1-2-3-17-28-27(32)29(18-16-21-8-5-4-6-9-21)23-12-14-24(15-13-23)33-25-11-7-10-22(19-25)20-26(30)31/h4-15,19H,2-3,16-18,20H2,1H3,(H,28,32)(H,30,31). The van der Waals surface area contributed by atoms with Crippen LogP contribution in [0.3, 0.4) is 0 Å². The first-order valence-electron chi connectivity index (χ1n) is 11.2. The summed E-state index contributed by atoms with van der Waals surface area (Å²) in [5.41, 5.74) is 2.82. The van der Waals surface area contributed by atoms with Gasteiger partial charge in [0, 0.05) is 28.6 Å². The van der Waals surface area contributed by atoms with Crippen LogP contribution in [0.25, 0.3) is 0 Å². The predicted octanol–water partition coefficient (Wildman–Crippen LogP) is 6.02.